The first kappa shape index (κ1) is 20.6. The molecule has 142 valence electrons. The number of hydrogen-bond donors (Lipinski definition) is 3. The Morgan fingerprint density at radius 1 is 1.27 bits per heavy atom. The van der Waals surface area contributed by atoms with E-state index in [1.807, 2.05) is 26.0 Å². The first-order chi connectivity index (χ1) is 12.4. The number of nitrogens with one attached hydrogen (secondary N) is 2. The minimum absolute atomic E-state index is 0.112. The number of aliphatic hydroxyl groups is 1. The molecular formula is C19H24Cl2N2O3. The van der Waals surface area contributed by atoms with Gasteiger partial charge < -0.3 is 15.7 Å². The quantitative estimate of drug-likeness (QED) is 0.582. The summed E-state index contributed by atoms with van der Waals surface area (Å²) in [5, 5.41) is 16.5. The third-order valence-corrected chi connectivity index (χ3v) is 5.48. The number of halogens is 2. The van der Waals surface area contributed by atoms with Crippen LogP contribution in [0.4, 0.5) is 0 Å². The molecule has 0 saturated carbocycles. The summed E-state index contributed by atoms with van der Waals surface area (Å²) in [6, 6.07) is 5.01. The molecule has 0 spiro atoms. The molecule has 1 aromatic rings. The summed E-state index contributed by atoms with van der Waals surface area (Å²) < 4.78 is 0. The first-order valence-electron chi connectivity index (χ1n) is 8.85. The van der Waals surface area contributed by atoms with Crippen molar-refractivity contribution in [3.05, 3.63) is 45.1 Å². The molecule has 26 heavy (non-hydrogen) atoms. The highest BCUT2D eigenvalue weighted by Gasteiger charge is 2.39. The summed E-state index contributed by atoms with van der Waals surface area (Å²) >= 11 is 11.9. The number of carbonyl (C=O) groups excluding carboxylic acids is 2. The maximum absolute atomic E-state index is 12.5. The van der Waals surface area contributed by atoms with Crippen molar-refractivity contribution in [3.8, 4) is 0 Å². The van der Waals surface area contributed by atoms with E-state index in [0.29, 0.717) is 23.0 Å². The summed E-state index contributed by atoms with van der Waals surface area (Å²) in [5.74, 6) is -1.33. The number of benzene rings is 1. The van der Waals surface area contributed by atoms with Crippen molar-refractivity contribution in [2.45, 2.75) is 45.6 Å². The molecule has 1 aromatic carbocycles. The van der Waals surface area contributed by atoms with Crippen molar-refractivity contribution < 1.29 is 14.7 Å². The predicted molar refractivity (Wildman–Crippen MR) is 103 cm³/mol. The molecule has 3 N–H and O–H groups in total. The number of aliphatic hydroxyl groups excluding tert-OH is 1. The summed E-state index contributed by atoms with van der Waals surface area (Å²) in [6.07, 6.45) is 3.05. The Morgan fingerprint density at radius 2 is 1.96 bits per heavy atom. The average molecular weight is 399 g/mol. The fourth-order valence-electron chi connectivity index (χ4n) is 3.20. The largest absolute Gasteiger partial charge is 0.503 e. The van der Waals surface area contributed by atoms with Gasteiger partial charge in [-0.15, -0.1) is 0 Å². The van der Waals surface area contributed by atoms with E-state index in [-0.39, 0.29) is 11.5 Å². The monoisotopic (exact) mass is 398 g/mol. The Labute approximate surface area is 163 Å². The molecule has 1 unspecified atom stereocenters. The zero-order valence-electron chi connectivity index (χ0n) is 14.9. The molecule has 7 heteroatoms. The molecule has 0 saturated heterocycles. The number of rotatable bonds is 8. The van der Waals surface area contributed by atoms with Crippen LogP contribution < -0.4 is 10.6 Å². The van der Waals surface area contributed by atoms with Gasteiger partial charge in [0.25, 0.3) is 11.8 Å². The second kappa shape index (κ2) is 9.28. The normalized spacial score (nSPS) is 17.0. The van der Waals surface area contributed by atoms with E-state index in [0.717, 1.165) is 24.8 Å². The highest BCUT2D eigenvalue weighted by atomic mass is 35.5. The molecule has 2 rings (SSSR count). The molecule has 0 bridgehead atoms. The number of hydrogen-bond acceptors (Lipinski definition) is 3. The topological polar surface area (TPSA) is 78.4 Å². The highest BCUT2D eigenvalue weighted by Crippen LogP contribution is 2.26. The van der Waals surface area contributed by atoms with Gasteiger partial charge in [0, 0.05) is 6.54 Å². The first-order valence-corrected chi connectivity index (χ1v) is 9.60. The van der Waals surface area contributed by atoms with Crippen LogP contribution in [-0.4, -0.2) is 29.5 Å². The van der Waals surface area contributed by atoms with Crippen LogP contribution in [0.2, 0.25) is 10.0 Å². The van der Waals surface area contributed by atoms with Crippen LogP contribution >= 0.6 is 23.2 Å². The Balaban J connectivity index is 1.93. The van der Waals surface area contributed by atoms with Crippen LogP contribution in [0.3, 0.4) is 0 Å². The maximum atomic E-state index is 12.5. The van der Waals surface area contributed by atoms with Crippen molar-refractivity contribution in [2.75, 3.05) is 6.54 Å². The van der Waals surface area contributed by atoms with Crippen LogP contribution in [-0.2, 0) is 16.0 Å². The SMILES string of the molecule is CCC(CC)C1NC(=O)C(O)=C1C(=O)NCCCc1ccc(Cl)c(Cl)c1. The van der Waals surface area contributed by atoms with Gasteiger partial charge in [-0.2, -0.15) is 0 Å². The van der Waals surface area contributed by atoms with Crippen molar-refractivity contribution in [1.82, 2.24) is 10.6 Å². The summed E-state index contributed by atoms with van der Waals surface area (Å²) in [5.41, 5.74) is 1.18. The smallest absolute Gasteiger partial charge is 0.287 e. The van der Waals surface area contributed by atoms with Crippen LogP contribution in [0.5, 0.6) is 0 Å². The summed E-state index contributed by atoms with van der Waals surface area (Å²) in [6.45, 7) is 4.44. The second-order valence-electron chi connectivity index (χ2n) is 6.40. The van der Waals surface area contributed by atoms with Crippen LogP contribution in [0.1, 0.15) is 38.7 Å². The zero-order valence-corrected chi connectivity index (χ0v) is 16.5. The average Bonchev–Trinajstić information content (AvgIpc) is 2.91. The Hall–Kier alpha value is -1.72. The van der Waals surface area contributed by atoms with E-state index < -0.39 is 23.6 Å². The molecule has 1 aliphatic rings. The lowest BCUT2D eigenvalue weighted by Crippen LogP contribution is -2.40. The molecule has 1 aliphatic heterocycles. The van der Waals surface area contributed by atoms with Gasteiger partial charge in [0.1, 0.15) is 0 Å². The van der Waals surface area contributed by atoms with E-state index in [2.05, 4.69) is 10.6 Å². The fraction of sp³-hybridized carbons (Fsp3) is 0.474. The fourth-order valence-corrected chi connectivity index (χ4v) is 3.52. The Morgan fingerprint density at radius 3 is 2.58 bits per heavy atom. The van der Waals surface area contributed by atoms with Crippen molar-refractivity contribution in [1.29, 1.82) is 0 Å². The number of aryl methyl sites for hydroxylation is 1. The van der Waals surface area contributed by atoms with Gasteiger partial charge in [0.2, 0.25) is 0 Å². The molecule has 0 aliphatic carbocycles. The minimum atomic E-state index is -0.581. The number of carbonyl (C=O) groups is 2. The van der Waals surface area contributed by atoms with Crippen molar-refractivity contribution in [3.63, 3.8) is 0 Å². The van der Waals surface area contributed by atoms with Crippen molar-refractivity contribution in [2.24, 2.45) is 5.92 Å². The highest BCUT2D eigenvalue weighted by molar-refractivity contribution is 6.42. The Kier molecular flexibility index (Phi) is 7.35. The van der Waals surface area contributed by atoms with Gasteiger partial charge in [-0.3, -0.25) is 9.59 Å². The molecule has 5 nitrogen and oxygen atoms in total. The van der Waals surface area contributed by atoms with E-state index in [1.165, 1.54) is 0 Å². The lowest BCUT2D eigenvalue weighted by Gasteiger charge is -2.23. The maximum Gasteiger partial charge on any atom is 0.287 e. The zero-order chi connectivity index (χ0) is 19.3. The molecular weight excluding hydrogens is 375 g/mol. The third kappa shape index (κ3) is 4.71. The van der Waals surface area contributed by atoms with E-state index in [9.17, 15) is 14.7 Å². The lowest BCUT2D eigenvalue weighted by atomic mass is 9.89. The molecule has 2 amide bonds. The van der Waals surface area contributed by atoms with Gasteiger partial charge in [0.15, 0.2) is 5.76 Å². The molecule has 1 heterocycles. The third-order valence-electron chi connectivity index (χ3n) is 4.74. The predicted octanol–water partition coefficient (Wildman–Crippen LogP) is 3.79. The Bertz CT molecular complexity index is 715. The van der Waals surface area contributed by atoms with E-state index in [1.54, 1.807) is 6.07 Å². The van der Waals surface area contributed by atoms with Crippen LogP contribution in [0.25, 0.3) is 0 Å². The summed E-state index contributed by atoms with van der Waals surface area (Å²) in [4.78, 5) is 24.3. The van der Waals surface area contributed by atoms with E-state index >= 15 is 0 Å². The molecule has 1 atom stereocenters. The van der Waals surface area contributed by atoms with Gasteiger partial charge in [-0.1, -0.05) is 56.0 Å². The second-order valence-corrected chi connectivity index (χ2v) is 7.21. The van der Waals surface area contributed by atoms with E-state index in [4.69, 9.17) is 23.2 Å². The minimum Gasteiger partial charge on any atom is -0.503 e. The lowest BCUT2D eigenvalue weighted by molar-refractivity contribution is -0.120. The van der Waals surface area contributed by atoms with Gasteiger partial charge in [-0.05, 0) is 36.5 Å². The molecule has 0 fully saturated rings. The molecule has 0 aromatic heterocycles. The van der Waals surface area contributed by atoms with Gasteiger partial charge in [0.05, 0.1) is 21.7 Å². The van der Waals surface area contributed by atoms with Gasteiger partial charge >= 0.3 is 0 Å². The summed E-state index contributed by atoms with van der Waals surface area (Å²) in [7, 11) is 0. The van der Waals surface area contributed by atoms with Crippen molar-refractivity contribution >= 4 is 35.0 Å². The van der Waals surface area contributed by atoms with Gasteiger partial charge in [-0.25, -0.2) is 0 Å². The number of amides is 2. The standard InChI is InChI=1S/C19H24Cl2N2O3/c1-3-12(4-2)16-15(17(24)19(26)23-16)18(25)22-9-5-6-11-7-8-13(20)14(21)10-11/h7-8,10,12,16,24H,3-6,9H2,1-2H3,(H,22,25)(H,23,26). The van der Waals surface area contributed by atoms with Crippen LogP contribution in [0, 0.1) is 5.92 Å². The van der Waals surface area contributed by atoms with Crippen LogP contribution in [0.15, 0.2) is 29.5 Å². The molecule has 0 radical (unpaired) electrons.